The summed E-state index contributed by atoms with van der Waals surface area (Å²) in [6.07, 6.45) is 8.24. The molecule has 4 aliphatic rings. The van der Waals surface area contributed by atoms with Gasteiger partial charge in [-0.15, -0.1) is 0 Å². The normalized spacial score (nSPS) is 58.2. The van der Waals surface area contributed by atoms with Gasteiger partial charge in [-0.05, 0) is 66.3 Å². The van der Waals surface area contributed by atoms with E-state index in [2.05, 4.69) is 19.9 Å². The van der Waals surface area contributed by atoms with Crippen LogP contribution in [0.5, 0.6) is 0 Å². The molecule has 0 bridgehead atoms. The van der Waals surface area contributed by atoms with Gasteiger partial charge in [-0.25, -0.2) is 4.39 Å². The van der Waals surface area contributed by atoms with Crippen LogP contribution in [0.4, 0.5) is 4.39 Å². The van der Waals surface area contributed by atoms with E-state index in [1.54, 1.807) is 6.08 Å². The molecule has 0 aromatic heterocycles. The fourth-order valence-electron chi connectivity index (χ4n) is 6.31. The lowest BCUT2D eigenvalue weighted by Gasteiger charge is -2.60. The second kappa shape index (κ2) is 4.90. The molecule has 4 rings (SSSR count). The van der Waals surface area contributed by atoms with Crippen molar-refractivity contribution in [2.45, 2.75) is 57.8 Å². The van der Waals surface area contributed by atoms with Crippen molar-refractivity contribution in [1.29, 1.82) is 0 Å². The van der Waals surface area contributed by atoms with Crippen molar-refractivity contribution in [1.82, 2.24) is 0 Å². The van der Waals surface area contributed by atoms with Gasteiger partial charge in [-0.2, -0.15) is 0 Å². The van der Waals surface area contributed by atoms with E-state index < -0.39 is 18.2 Å². The zero-order valence-electron chi connectivity index (χ0n) is 14.0. The van der Waals surface area contributed by atoms with Gasteiger partial charge in [0, 0.05) is 0 Å². The molecule has 0 aromatic rings. The van der Waals surface area contributed by atoms with E-state index in [1.807, 2.05) is 6.08 Å². The molecule has 128 valence electrons. The molecular weight excluding hydrogens is 293 g/mol. The average molecular weight is 321 g/mol. The molecule has 2 fully saturated rings. The third kappa shape index (κ3) is 1.98. The number of hydrogen-bond donors (Lipinski definition) is 3. The standard InChI is InChI=1S/C19H28FNO2/c1-18-5-3-11(22)7-10(18)8-15(23)16-12(18)4-6-19(2)13(16)9-14(20)17(19)21/h3,5,9-13,15-17,22-23H,4,6-8,21H2,1-2H3/t10-,11-,12-,13-,15-,16+,17-,18-,19-/m0/s1. The number of aliphatic hydroxyl groups excluding tert-OH is 2. The van der Waals surface area contributed by atoms with Crippen molar-refractivity contribution in [2.75, 3.05) is 0 Å². The summed E-state index contributed by atoms with van der Waals surface area (Å²) in [5.74, 6) is 0.505. The van der Waals surface area contributed by atoms with Crippen molar-refractivity contribution in [2.24, 2.45) is 40.2 Å². The lowest BCUT2D eigenvalue weighted by Crippen LogP contribution is -2.58. The van der Waals surface area contributed by atoms with Gasteiger partial charge in [0.15, 0.2) is 0 Å². The molecule has 0 radical (unpaired) electrons. The highest BCUT2D eigenvalue weighted by Crippen LogP contribution is 2.64. The zero-order chi connectivity index (χ0) is 16.6. The minimum Gasteiger partial charge on any atom is -0.393 e. The van der Waals surface area contributed by atoms with Crippen LogP contribution in [0.2, 0.25) is 0 Å². The quantitative estimate of drug-likeness (QED) is 0.601. The van der Waals surface area contributed by atoms with E-state index in [0.29, 0.717) is 18.3 Å². The first-order chi connectivity index (χ1) is 10.8. The molecule has 0 saturated heterocycles. The monoisotopic (exact) mass is 321 g/mol. The van der Waals surface area contributed by atoms with Gasteiger partial charge in [-0.1, -0.05) is 26.0 Å². The number of halogens is 1. The molecule has 9 atom stereocenters. The third-order valence-corrected chi connectivity index (χ3v) is 7.83. The van der Waals surface area contributed by atoms with Gasteiger partial charge in [0.1, 0.15) is 5.83 Å². The van der Waals surface area contributed by atoms with Crippen molar-refractivity contribution in [3.63, 3.8) is 0 Å². The number of rotatable bonds is 0. The summed E-state index contributed by atoms with van der Waals surface area (Å²) < 4.78 is 14.2. The molecule has 4 N–H and O–H groups in total. The first-order valence-electron chi connectivity index (χ1n) is 8.95. The molecule has 0 spiro atoms. The largest absolute Gasteiger partial charge is 0.393 e. The van der Waals surface area contributed by atoms with E-state index in [0.717, 1.165) is 19.3 Å². The van der Waals surface area contributed by atoms with E-state index in [1.165, 1.54) is 0 Å². The molecule has 0 amide bonds. The highest BCUT2D eigenvalue weighted by atomic mass is 19.1. The van der Waals surface area contributed by atoms with Crippen LogP contribution in [0, 0.1) is 34.5 Å². The summed E-state index contributed by atoms with van der Waals surface area (Å²) in [7, 11) is 0. The molecule has 0 heterocycles. The van der Waals surface area contributed by atoms with E-state index in [4.69, 9.17) is 5.73 Å². The molecule has 0 aromatic carbocycles. The molecule has 4 aliphatic carbocycles. The summed E-state index contributed by atoms with van der Waals surface area (Å²) >= 11 is 0. The van der Waals surface area contributed by atoms with Crippen LogP contribution in [-0.2, 0) is 0 Å². The van der Waals surface area contributed by atoms with Crippen molar-refractivity contribution < 1.29 is 14.6 Å². The second-order valence-corrected chi connectivity index (χ2v) is 8.81. The third-order valence-electron chi connectivity index (χ3n) is 7.83. The maximum atomic E-state index is 14.2. The number of nitrogens with two attached hydrogens (primary N) is 1. The predicted octanol–water partition coefficient (Wildman–Crippen LogP) is 2.54. The highest BCUT2D eigenvalue weighted by molar-refractivity contribution is 5.27. The minimum atomic E-state index is -0.533. The van der Waals surface area contributed by atoms with Crippen LogP contribution >= 0.6 is 0 Å². The number of allylic oxidation sites excluding steroid dienone is 2. The number of aliphatic hydroxyl groups is 2. The maximum absolute atomic E-state index is 14.2. The number of hydrogen-bond acceptors (Lipinski definition) is 3. The van der Waals surface area contributed by atoms with E-state index in [9.17, 15) is 14.6 Å². The topological polar surface area (TPSA) is 66.5 Å². The molecule has 4 heteroatoms. The fourth-order valence-corrected chi connectivity index (χ4v) is 6.31. The van der Waals surface area contributed by atoms with Crippen LogP contribution in [0.25, 0.3) is 0 Å². The smallest absolute Gasteiger partial charge is 0.114 e. The molecule has 23 heavy (non-hydrogen) atoms. The second-order valence-electron chi connectivity index (χ2n) is 8.81. The van der Waals surface area contributed by atoms with Gasteiger partial charge in [0.2, 0.25) is 0 Å². The van der Waals surface area contributed by atoms with Crippen LogP contribution in [0.1, 0.15) is 39.5 Å². The molecule has 3 nitrogen and oxygen atoms in total. The van der Waals surface area contributed by atoms with E-state index >= 15 is 0 Å². The predicted molar refractivity (Wildman–Crippen MR) is 87.0 cm³/mol. The number of fused-ring (bicyclic) bond motifs is 5. The van der Waals surface area contributed by atoms with Gasteiger partial charge >= 0.3 is 0 Å². The lowest BCUT2D eigenvalue weighted by molar-refractivity contribution is -0.132. The Kier molecular flexibility index (Phi) is 3.37. The first kappa shape index (κ1) is 15.8. The molecular formula is C19H28FNO2. The van der Waals surface area contributed by atoms with Crippen LogP contribution in [0.3, 0.4) is 0 Å². The summed E-state index contributed by atoms with van der Waals surface area (Å²) in [5, 5.41) is 20.8. The molecule has 0 unspecified atom stereocenters. The summed E-state index contributed by atoms with van der Waals surface area (Å²) in [6.45, 7) is 4.35. The Hall–Kier alpha value is -0.710. The first-order valence-corrected chi connectivity index (χ1v) is 8.95. The summed E-state index contributed by atoms with van der Waals surface area (Å²) in [6, 6.07) is -0.533. The van der Waals surface area contributed by atoms with Gasteiger partial charge in [0.05, 0.1) is 18.2 Å². The highest BCUT2D eigenvalue weighted by Gasteiger charge is 2.61. The lowest BCUT2D eigenvalue weighted by atomic mass is 9.45. The van der Waals surface area contributed by atoms with Crippen molar-refractivity contribution >= 4 is 0 Å². The van der Waals surface area contributed by atoms with Gasteiger partial charge in [0.25, 0.3) is 0 Å². The maximum Gasteiger partial charge on any atom is 0.114 e. The average Bonchev–Trinajstić information content (AvgIpc) is 2.73. The van der Waals surface area contributed by atoms with E-state index in [-0.39, 0.29) is 28.5 Å². The van der Waals surface area contributed by atoms with Crippen LogP contribution in [0.15, 0.2) is 24.1 Å². The zero-order valence-corrected chi connectivity index (χ0v) is 14.0. The Morgan fingerprint density at radius 1 is 1.26 bits per heavy atom. The Morgan fingerprint density at radius 2 is 2.00 bits per heavy atom. The summed E-state index contributed by atoms with van der Waals surface area (Å²) in [4.78, 5) is 0. The Labute approximate surface area is 137 Å². The minimum absolute atomic E-state index is 0.0124. The molecule has 0 aliphatic heterocycles. The van der Waals surface area contributed by atoms with Crippen molar-refractivity contribution in [3.8, 4) is 0 Å². The Bertz CT molecular complexity index is 576. The summed E-state index contributed by atoms with van der Waals surface area (Å²) in [5.41, 5.74) is 5.86. The SMILES string of the molecule is C[C@]12C=C[C@H](O)C[C@H]1C[C@H](O)[C@@H]1[C@@H]2CC[C@]2(C)[C@@H](N)C(F)=C[C@@H]12. The van der Waals surface area contributed by atoms with Crippen molar-refractivity contribution in [3.05, 3.63) is 24.1 Å². The van der Waals surface area contributed by atoms with Gasteiger partial charge in [-0.3, -0.25) is 0 Å². The van der Waals surface area contributed by atoms with Crippen LogP contribution < -0.4 is 5.73 Å². The van der Waals surface area contributed by atoms with Gasteiger partial charge < -0.3 is 15.9 Å². The Morgan fingerprint density at radius 3 is 2.74 bits per heavy atom. The molecule has 2 saturated carbocycles. The fraction of sp³-hybridized carbons (Fsp3) is 0.789. The Balaban J connectivity index is 1.74. The van der Waals surface area contributed by atoms with Crippen LogP contribution in [-0.4, -0.2) is 28.5 Å².